The molecule has 1 aromatic heterocycles. The van der Waals surface area contributed by atoms with Gasteiger partial charge in [-0.05, 0) is 24.4 Å². The molecular formula is C15H20Cl2N5OS+. The zero-order valence-electron chi connectivity index (χ0n) is 13.6. The molecule has 3 N–H and O–H groups in total. The van der Waals surface area contributed by atoms with Gasteiger partial charge < -0.3 is 15.2 Å². The third kappa shape index (κ3) is 4.80. The summed E-state index contributed by atoms with van der Waals surface area (Å²) in [6, 6.07) is 5.61. The Bertz CT molecular complexity index is 802. The van der Waals surface area contributed by atoms with Crippen molar-refractivity contribution in [3.8, 4) is 0 Å². The maximum Gasteiger partial charge on any atom is 0.217 e. The van der Waals surface area contributed by atoms with Crippen LogP contribution in [0.4, 0.5) is 0 Å². The standard InChI is InChI=1S/C15H19Cl2N5OS/c1-20(8-10-3-4-11(16)12(17)7-10)9-22-15(24)21(2)14(19-22)6-5-13(18)23/h3-4,7H,5-6,8-9H2,1-2H3,(H2,18,23)/p+1. The first-order valence-electron chi connectivity index (χ1n) is 7.44. The van der Waals surface area contributed by atoms with Crippen LogP contribution in [0.1, 0.15) is 17.8 Å². The highest BCUT2D eigenvalue weighted by Crippen LogP contribution is 2.22. The molecule has 1 amide bonds. The molecule has 9 heteroatoms. The molecule has 0 spiro atoms. The molecule has 0 aliphatic heterocycles. The molecule has 0 radical (unpaired) electrons. The summed E-state index contributed by atoms with van der Waals surface area (Å²) in [7, 11) is 3.89. The second-order valence-electron chi connectivity index (χ2n) is 5.76. The minimum absolute atomic E-state index is 0.256. The van der Waals surface area contributed by atoms with E-state index in [-0.39, 0.29) is 12.3 Å². The molecule has 24 heavy (non-hydrogen) atoms. The number of nitrogens with zero attached hydrogens (tertiary/aromatic N) is 3. The highest BCUT2D eigenvalue weighted by atomic mass is 35.5. The zero-order valence-corrected chi connectivity index (χ0v) is 15.9. The molecule has 130 valence electrons. The van der Waals surface area contributed by atoms with Gasteiger partial charge in [0.25, 0.3) is 0 Å². The molecule has 6 nitrogen and oxygen atoms in total. The Hall–Kier alpha value is -1.41. The monoisotopic (exact) mass is 388 g/mol. The third-order valence-corrected chi connectivity index (χ3v) is 4.86. The average Bonchev–Trinajstić information content (AvgIpc) is 2.77. The number of halogens is 2. The molecule has 2 rings (SSSR count). The Morgan fingerprint density at radius 3 is 2.71 bits per heavy atom. The number of nitrogens with one attached hydrogen (secondary N) is 1. The zero-order chi connectivity index (χ0) is 17.9. The van der Waals surface area contributed by atoms with E-state index in [0.29, 0.717) is 27.9 Å². The highest BCUT2D eigenvalue weighted by Gasteiger charge is 2.13. The maximum absolute atomic E-state index is 10.9. The normalized spacial score (nSPS) is 12.3. The predicted octanol–water partition coefficient (Wildman–Crippen LogP) is 1.35. The van der Waals surface area contributed by atoms with E-state index >= 15 is 0 Å². The van der Waals surface area contributed by atoms with Crippen molar-refractivity contribution in [2.24, 2.45) is 12.8 Å². The molecule has 1 heterocycles. The first-order valence-corrected chi connectivity index (χ1v) is 8.60. The number of carbonyl (C=O) groups is 1. The van der Waals surface area contributed by atoms with Gasteiger partial charge in [-0.25, -0.2) is 0 Å². The topological polar surface area (TPSA) is 70.3 Å². The van der Waals surface area contributed by atoms with Crippen LogP contribution in [0.25, 0.3) is 0 Å². The van der Waals surface area contributed by atoms with E-state index in [2.05, 4.69) is 5.10 Å². The van der Waals surface area contributed by atoms with Crippen molar-refractivity contribution in [1.82, 2.24) is 14.3 Å². The number of amides is 1. The minimum atomic E-state index is -0.349. The van der Waals surface area contributed by atoms with Crippen molar-refractivity contribution < 1.29 is 9.69 Å². The number of nitrogens with two attached hydrogens (primary N) is 1. The number of quaternary nitrogens is 1. The van der Waals surface area contributed by atoms with Gasteiger partial charge in [0.1, 0.15) is 12.4 Å². The molecule has 0 saturated heterocycles. The lowest BCUT2D eigenvalue weighted by Crippen LogP contribution is -3.07. The highest BCUT2D eigenvalue weighted by molar-refractivity contribution is 7.71. The summed E-state index contributed by atoms with van der Waals surface area (Å²) in [4.78, 5) is 12.1. The first kappa shape index (κ1) is 18.9. The number of carbonyl (C=O) groups excluding carboxylic acids is 1. The van der Waals surface area contributed by atoms with Crippen LogP contribution in [0, 0.1) is 4.77 Å². The van der Waals surface area contributed by atoms with Crippen molar-refractivity contribution in [2.45, 2.75) is 26.1 Å². The molecule has 0 aliphatic carbocycles. The van der Waals surface area contributed by atoms with Gasteiger partial charge in [-0.3, -0.25) is 4.79 Å². The fourth-order valence-electron chi connectivity index (χ4n) is 2.40. The van der Waals surface area contributed by atoms with Crippen molar-refractivity contribution in [2.75, 3.05) is 7.05 Å². The minimum Gasteiger partial charge on any atom is -0.370 e. The van der Waals surface area contributed by atoms with Gasteiger partial charge in [-0.15, -0.1) is 0 Å². The summed E-state index contributed by atoms with van der Waals surface area (Å²) >= 11 is 17.4. The molecule has 1 unspecified atom stereocenters. The van der Waals surface area contributed by atoms with Crippen LogP contribution in [-0.2, 0) is 31.5 Å². The van der Waals surface area contributed by atoms with Crippen LogP contribution in [-0.4, -0.2) is 27.3 Å². The Balaban J connectivity index is 2.06. The second kappa shape index (κ2) is 8.11. The van der Waals surface area contributed by atoms with Crippen LogP contribution in [0.15, 0.2) is 18.2 Å². The number of aromatic nitrogens is 3. The second-order valence-corrected chi connectivity index (χ2v) is 6.94. The lowest BCUT2D eigenvalue weighted by molar-refractivity contribution is -0.917. The molecule has 0 aliphatic rings. The third-order valence-electron chi connectivity index (χ3n) is 3.64. The Labute approximate surface area is 155 Å². The fraction of sp³-hybridized carbons (Fsp3) is 0.400. The Morgan fingerprint density at radius 1 is 1.38 bits per heavy atom. The van der Waals surface area contributed by atoms with Gasteiger partial charge in [0.05, 0.1) is 17.1 Å². The van der Waals surface area contributed by atoms with Crippen LogP contribution in [0.3, 0.4) is 0 Å². The van der Waals surface area contributed by atoms with Crippen molar-refractivity contribution in [3.63, 3.8) is 0 Å². The van der Waals surface area contributed by atoms with E-state index in [1.54, 1.807) is 10.7 Å². The number of hydrogen-bond donors (Lipinski definition) is 2. The van der Waals surface area contributed by atoms with Crippen LogP contribution < -0.4 is 10.6 Å². The van der Waals surface area contributed by atoms with E-state index in [4.69, 9.17) is 41.2 Å². The quantitative estimate of drug-likeness (QED) is 0.703. The van der Waals surface area contributed by atoms with Crippen LogP contribution >= 0.6 is 35.4 Å². The van der Waals surface area contributed by atoms with E-state index < -0.39 is 0 Å². The lowest BCUT2D eigenvalue weighted by atomic mass is 10.2. The summed E-state index contributed by atoms with van der Waals surface area (Å²) < 4.78 is 4.19. The van der Waals surface area contributed by atoms with Gasteiger partial charge in [0.2, 0.25) is 10.7 Å². The van der Waals surface area contributed by atoms with Crippen LogP contribution in [0.5, 0.6) is 0 Å². The van der Waals surface area contributed by atoms with Crippen molar-refractivity contribution >= 4 is 41.3 Å². The van der Waals surface area contributed by atoms with E-state index in [9.17, 15) is 4.79 Å². The summed E-state index contributed by atoms with van der Waals surface area (Å²) in [6.07, 6.45) is 0.736. The number of aryl methyl sites for hydroxylation is 1. The van der Waals surface area contributed by atoms with Gasteiger partial charge in [0, 0.05) is 25.5 Å². The molecular weight excluding hydrogens is 369 g/mol. The number of primary amides is 1. The number of rotatable bonds is 7. The van der Waals surface area contributed by atoms with E-state index in [0.717, 1.165) is 17.9 Å². The molecule has 0 saturated carbocycles. The van der Waals surface area contributed by atoms with E-state index in [1.807, 2.05) is 30.8 Å². The van der Waals surface area contributed by atoms with Crippen molar-refractivity contribution in [1.29, 1.82) is 0 Å². The summed E-state index contributed by atoms with van der Waals surface area (Å²) in [5.74, 6) is 0.402. The average molecular weight is 389 g/mol. The Kier molecular flexibility index (Phi) is 6.40. The van der Waals surface area contributed by atoms with E-state index in [1.165, 1.54) is 4.90 Å². The molecule has 0 bridgehead atoms. The van der Waals surface area contributed by atoms with Crippen molar-refractivity contribution in [3.05, 3.63) is 44.4 Å². The molecule has 1 atom stereocenters. The predicted molar refractivity (Wildman–Crippen MR) is 96.6 cm³/mol. The molecule has 0 fully saturated rings. The molecule has 2 aromatic rings. The lowest BCUT2D eigenvalue weighted by Gasteiger charge is -2.14. The largest absolute Gasteiger partial charge is 0.370 e. The van der Waals surface area contributed by atoms with Gasteiger partial charge in [0.15, 0.2) is 6.67 Å². The smallest absolute Gasteiger partial charge is 0.217 e. The number of benzene rings is 1. The summed E-state index contributed by atoms with van der Waals surface area (Å²) in [6.45, 7) is 1.36. The Morgan fingerprint density at radius 2 is 2.08 bits per heavy atom. The SMILES string of the molecule is Cn1c(CCC(N)=O)nn(C[NH+](C)Cc2ccc(Cl)c(Cl)c2)c1=S. The van der Waals surface area contributed by atoms with Crippen LogP contribution in [0.2, 0.25) is 10.0 Å². The fourth-order valence-corrected chi connectivity index (χ4v) is 2.93. The summed E-state index contributed by atoms with van der Waals surface area (Å²) in [5.41, 5.74) is 6.27. The number of hydrogen-bond acceptors (Lipinski definition) is 3. The van der Waals surface area contributed by atoms with Gasteiger partial charge >= 0.3 is 0 Å². The summed E-state index contributed by atoms with van der Waals surface area (Å²) in [5, 5.41) is 5.59. The molecule has 1 aromatic carbocycles. The first-order chi connectivity index (χ1) is 11.3. The van der Waals surface area contributed by atoms with Gasteiger partial charge in [-0.1, -0.05) is 29.3 Å². The van der Waals surface area contributed by atoms with Gasteiger partial charge in [-0.2, -0.15) is 9.78 Å². The maximum atomic E-state index is 10.9.